The number of aliphatic hydroxyl groups is 2. The molecule has 4 nitrogen and oxygen atoms in total. The van der Waals surface area contributed by atoms with E-state index in [0.717, 1.165) is 0 Å². The van der Waals surface area contributed by atoms with Gasteiger partial charge in [-0.15, -0.1) is 0 Å². The second kappa shape index (κ2) is 4.18. The van der Waals surface area contributed by atoms with E-state index >= 15 is 0 Å². The summed E-state index contributed by atoms with van der Waals surface area (Å²) in [5, 5.41) is 18.2. The Labute approximate surface area is 72.1 Å². The Kier molecular flexibility index (Phi) is 3.46. The molecule has 1 heterocycles. The van der Waals surface area contributed by atoms with Gasteiger partial charge < -0.3 is 19.7 Å². The van der Waals surface area contributed by atoms with Crippen LogP contribution in [0, 0.1) is 0 Å². The van der Waals surface area contributed by atoms with Gasteiger partial charge >= 0.3 is 0 Å². The summed E-state index contributed by atoms with van der Waals surface area (Å²) in [6, 6.07) is 0. The van der Waals surface area contributed by atoms with Crippen molar-refractivity contribution >= 4 is 0 Å². The molecule has 12 heavy (non-hydrogen) atoms. The van der Waals surface area contributed by atoms with E-state index in [-0.39, 0.29) is 18.8 Å². The minimum atomic E-state index is -0.697. The Morgan fingerprint density at radius 3 is 2.67 bits per heavy atom. The first kappa shape index (κ1) is 9.92. The third kappa shape index (κ3) is 2.17. The fourth-order valence-electron chi connectivity index (χ4n) is 1.29. The van der Waals surface area contributed by atoms with Crippen LogP contribution in [0.15, 0.2) is 0 Å². The summed E-state index contributed by atoms with van der Waals surface area (Å²) in [6.45, 7) is 4.02. The number of hydrogen-bond acceptors (Lipinski definition) is 4. The lowest BCUT2D eigenvalue weighted by Gasteiger charge is -2.18. The van der Waals surface area contributed by atoms with Gasteiger partial charge in [0.2, 0.25) is 0 Å². The number of ether oxygens (including phenoxy) is 2. The highest BCUT2D eigenvalue weighted by atomic mass is 16.6. The zero-order valence-corrected chi connectivity index (χ0v) is 7.43. The van der Waals surface area contributed by atoms with Crippen molar-refractivity contribution in [2.45, 2.75) is 38.3 Å². The molecule has 3 atom stereocenters. The summed E-state index contributed by atoms with van der Waals surface area (Å²) in [6.07, 6.45) is -1.39. The SMILES string of the molecule is CC(C)O[C@@H]1CO[C@@H](CO)C1O. The van der Waals surface area contributed by atoms with E-state index in [1.54, 1.807) is 0 Å². The molecular formula is C8H16O4. The molecule has 72 valence electrons. The quantitative estimate of drug-likeness (QED) is 0.610. The molecule has 0 aromatic carbocycles. The molecule has 1 aliphatic heterocycles. The van der Waals surface area contributed by atoms with Crippen LogP contribution in [0.3, 0.4) is 0 Å². The summed E-state index contributed by atoms with van der Waals surface area (Å²) in [5.74, 6) is 0. The minimum absolute atomic E-state index is 0.0747. The van der Waals surface area contributed by atoms with E-state index in [1.165, 1.54) is 0 Å². The maximum atomic E-state index is 9.49. The molecule has 0 aliphatic carbocycles. The van der Waals surface area contributed by atoms with Gasteiger partial charge in [0.25, 0.3) is 0 Å². The second-order valence-electron chi connectivity index (χ2n) is 3.27. The lowest BCUT2D eigenvalue weighted by molar-refractivity contribution is -0.0505. The zero-order valence-electron chi connectivity index (χ0n) is 7.43. The normalized spacial score (nSPS) is 36.2. The molecule has 1 fully saturated rings. The summed E-state index contributed by atoms with van der Waals surface area (Å²) in [5.41, 5.74) is 0. The lowest BCUT2D eigenvalue weighted by Crippen LogP contribution is -2.35. The van der Waals surface area contributed by atoms with E-state index in [0.29, 0.717) is 6.61 Å². The maximum Gasteiger partial charge on any atom is 0.111 e. The van der Waals surface area contributed by atoms with E-state index in [2.05, 4.69) is 0 Å². The Balaban J connectivity index is 2.38. The van der Waals surface area contributed by atoms with Crippen molar-refractivity contribution < 1.29 is 19.7 Å². The highest BCUT2D eigenvalue weighted by Gasteiger charge is 2.36. The Morgan fingerprint density at radius 1 is 1.58 bits per heavy atom. The van der Waals surface area contributed by atoms with Crippen LogP contribution in [0.1, 0.15) is 13.8 Å². The van der Waals surface area contributed by atoms with Gasteiger partial charge in [0.15, 0.2) is 0 Å². The van der Waals surface area contributed by atoms with Crippen LogP contribution in [0.4, 0.5) is 0 Å². The van der Waals surface area contributed by atoms with Crippen LogP contribution >= 0.6 is 0 Å². The Hall–Kier alpha value is -0.160. The van der Waals surface area contributed by atoms with Gasteiger partial charge in [0.05, 0.1) is 19.3 Å². The van der Waals surface area contributed by atoms with Gasteiger partial charge in [-0.2, -0.15) is 0 Å². The molecule has 1 rings (SSSR count). The topological polar surface area (TPSA) is 58.9 Å². The molecule has 0 aromatic heterocycles. The average molecular weight is 176 g/mol. The highest BCUT2D eigenvalue weighted by molar-refractivity contribution is 4.84. The second-order valence-corrected chi connectivity index (χ2v) is 3.27. The van der Waals surface area contributed by atoms with Crippen molar-refractivity contribution in [2.75, 3.05) is 13.2 Å². The van der Waals surface area contributed by atoms with Crippen molar-refractivity contribution in [3.63, 3.8) is 0 Å². The number of aliphatic hydroxyl groups excluding tert-OH is 2. The highest BCUT2D eigenvalue weighted by Crippen LogP contribution is 2.17. The molecule has 0 spiro atoms. The number of rotatable bonds is 3. The fourth-order valence-corrected chi connectivity index (χ4v) is 1.29. The predicted octanol–water partition coefficient (Wildman–Crippen LogP) is -0.468. The van der Waals surface area contributed by atoms with Gasteiger partial charge in [0, 0.05) is 0 Å². The molecule has 2 N–H and O–H groups in total. The molecular weight excluding hydrogens is 160 g/mol. The van der Waals surface area contributed by atoms with Gasteiger partial charge in [-0.05, 0) is 13.8 Å². The first-order valence-corrected chi connectivity index (χ1v) is 4.21. The summed E-state index contributed by atoms with van der Waals surface area (Å²) in [4.78, 5) is 0. The summed E-state index contributed by atoms with van der Waals surface area (Å²) < 4.78 is 10.5. The van der Waals surface area contributed by atoms with E-state index < -0.39 is 12.2 Å². The largest absolute Gasteiger partial charge is 0.394 e. The predicted molar refractivity (Wildman–Crippen MR) is 42.8 cm³/mol. The van der Waals surface area contributed by atoms with Gasteiger partial charge in [-0.3, -0.25) is 0 Å². The Bertz CT molecular complexity index is 137. The van der Waals surface area contributed by atoms with Gasteiger partial charge in [-0.1, -0.05) is 0 Å². The summed E-state index contributed by atoms with van der Waals surface area (Å²) >= 11 is 0. The molecule has 0 aromatic rings. The molecule has 1 unspecified atom stereocenters. The molecule has 1 aliphatic rings. The first-order valence-electron chi connectivity index (χ1n) is 4.21. The smallest absolute Gasteiger partial charge is 0.111 e. The third-order valence-electron chi connectivity index (χ3n) is 1.86. The van der Waals surface area contributed by atoms with Gasteiger partial charge in [0.1, 0.15) is 18.3 Å². The van der Waals surface area contributed by atoms with E-state index in [1.807, 2.05) is 13.8 Å². The minimum Gasteiger partial charge on any atom is -0.394 e. The van der Waals surface area contributed by atoms with Crippen LogP contribution in [0.2, 0.25) is 0 Å². The zero-order chi connectivity index (χ0) is 9.14. The van der Waals surface area contributed by atoms with Crippen molar-refractivity contribution in [3.8, 4) is 0 Å². The van der Waals surface area contributed by atoms with Crippen molar-refractivity contribution in [1.29, 1.82) is 0 Å². The standard InChI is InChI=1S/C8H16O4/c1-5(2)12-7-4-11-6(3-9)8(7)10/h5-10H,3-4H2,1-2H3/t6-,7+,8?/m0/s1. The molecule has 0 radical (unpaired) electrons. The molecule has 0 amide bonds. The van der Waals surface area contributed by atoms with Crippen molar-refractivity contribution in [2.24, 2.45) is 0 Å². The third-order valence-corrected chi connectivity index (χ3v) is 1.86. The van der Waals surface area contributed by atoms with Crippen LogP contribution in [0.25, 0.3) is 0 Å². The van der Waals surface area contributed by atoms with E-state index in [4.69, 9.17) is 14.6 Å². The van der Waals surface area contributed by atoms with Crippen LogP contribution in [0.5, 0.6) is 0 Å². The summed E-state index contributed by atoms with van der Waals surface area (Å²) in [7, 11) is 0. The monoisotopic (exact) mass is 176 g/mol. The van der Waals surface area contributed by atoms with Crippen molar-refractivity contribution in [1.82, 2.24) is 0 Å². The average Bonchev–Trinajstić information content (AvgIpc) is 2.32. The fraction of sp³-hybridized carbons (Fsp3) is 1.00. The van der Waals surface area contributed by atoms with Crippen LogP contribution in [-0.2, 0) is 9.47 Å². The first-order chi connectivity index (χ1) is 5.65. The molecule has 0 bridgehead atoms. The number of hydrogen-bond donors (Lipinski definition) is 2. The molecule has 1 saturated heterocycles. The van der Waals surface area contributed by atoms with E-state index in [9.17, 15) is 5.11 Å². The van der Waals surface area contributed by atoms with Crippen LogP contribution in [-0.4, -0.2) is 47.8 Å². The molecule has 0 saturated carbocycles. The van der Waals surface area contributed by atoms with Crippen LogP contribution < -0.4 is 0 Å². The lowest BCUT2D eigenvalue weighted by atomic mass is 10.1. The van der Waals surface area contributed by atoms with Crippen molar-refractivity contribution in [3.05, 3.63) is 0 Å². The molecule has 4 heteroatoms. The van der Waals surface area contributed by atoms with Gasteiger partial charge in [-0.25, -0.2) is 0 Å². The Morgan fingerprint density at radius 2 is 2.25 bits per heavy atom. The maximum absolute atomic E-state index is 9.49.